The average molecular weight is 350 g/mol. The number of hydrogen-bond acceptors (Lipinski definition) is 5. The Kier molecular flexibility index (Phi) is 4.29. The zero-order valence-electron chi connectivity index (χ0n) is 14.2. The predicted octanol–water partition coefficient (Wildman–Crippen LogP) is 4.30. The number of Topliss-reactive ketones (excluding diaryl/α,β-unsaturated/α-hetero) is 2. The van der Waals surface area contributed by atoms with Crippen molar-refractivity contribution < 1.29 is 23.9 Å². The number of carbonyl (C=O) groups excluding carboxylic acids is 3. The van der Waals surface area contributed by atoms with Gasteiger partial charge in [-0.2, -0.15) is 0 Å². The smallest absolute Gasteiger partial charge is 0.395 e. The SMILES string of the molecule is O=C(Oc1ccc2c(c1)C(=O)CCC2)Oc1ccc2c(c1)C(=O)CCC2. The van der Waals surface area contributed by atoms with Crippen LogP contribution < -0.4 is 9.47 Å². The third kappa shape index (κ3) is 3.25. The van der Waals surface area contributed by atoms with Crippen molar-refractivity contribution >= 4 is 17.7 Å². The molecule has 0 N–H and O–H groups in total. The standard InChI is InChI=1S/C21H18O5/c22-19-5-1-3-13-7-9-15(11-17(13)19)25-21(24)26-16-10-8-14-4-2-6-20(23)18(14)12-16/h7-12H,1-6H2. The Morgan fingerprint density at radius 1 is 0.692 bits per heavy atom. The molecule has 26 heavy (non-hydrogen) atoms. The highest BCUT2D eigenvalue weighted by molar-refractivity contribution is 5.99. The van der Waals surface area contributed by atoms with Gasteiger partial charge in [0.1, 0.15) is 11.5 Å². The van der Waals surface area contributed by atoms with E-state index in [4.69, 9.17) is 9.47 Å². The fourth-order valence-electron chi connectivity index (χ4n) is 3.55. The van der Waals surface area contributed by atoms with Gasteiger partial charge in [0.05, 0.1) is 0 Å². The number of aryl methyl sites for hydroxylation is 2. The lowest BCUT2D eigenvalue weighted by atomic mass is 9.90. The van der Waals surface area contributed by atoms with Gasteiger partial charge in [-0.25, -0.2) is 4.79 Å². The van der Waals surface area contributed by atoms with Crippen LogP contribution in [0, 0.1) is 0 Å². The van der Waals surface area contributed by atoms with Crippen molar-refractivity contribution in [3.05, 3.63) is 58.7 Å². The van der Waals surface area contributed by atoms with Crippen LogP contribution in [0.4, 0.5) is 4.79 Å². The Morgan fingerprint density at radius 3 is 1.62 bits per heavy atom. The maximum atomic E-state index is 12.1. The Bertz CT molecular complexity index is 839. The van der Waals surface area contributed by atoms with E-state index in [9.17, 15) is 14.4 Å². The van der Waals surface area contributed by atoms with Crippen molar-refractivity contribution in [1.82, 2.24) is 0 Å². The highest BCUT2D eigenvalue weighted by atomic mass is 16.7. The lowest BCUT2D eigenvalue weighted by Crippen LogP contribution is -2.16. The molecule has 0 aromatic heterocycles. The molecule has 5 heteroatoms. The van der Waals surface area contributed by atoms with Gasteiger partial charge in [0.25, 0.3) is 0 Å². The largest absolute Gasteiger partial charge is 0.519 e. The van der Waals surface area contributed by atoms with Gasteiger partial charge in [-0.05, 0) is 61.1 Å². The Balaban J connectivity index is 1.48. The van der Waals surface area contributed by atoms with E-state index in [0.29, 0.717) is 24.0 Å². The summed E-state index contributed by atoms with van der Waals surface area (Å²) in [7, 11) is 0. The molecule has 0 unspecified atom stereocenters. The third-order valence-electron chi connectivity index (χ3n) is 4.87. The molecule has 2 aliphatic rings. The minimum Gasteiger partial charge on any atom is -0.395 e. The van der Waals surface area contributed by atoms with Gasteiger partial charge in [-0.3, -0.25) is 9.59 Å². The van der Waals surface area contributed by atoms with Crippen molar-refractivity contribution in [2.24, 2.45) is 0 Å². The number of fused-ring (bicyclic) bond motifs is 2. The summed E-state index contributed by atoms with van der Waals surface area (Å²) in [5.74, 6) is 0.688. The molecule has 0 radical (unpaired) electrons. The van der Waals surface area contributed by atoms with Gasteiger partial charge in [0, 0.05) is 24.0 Å². The van der Waals surface area contributed by atoms with Crippen LogP contribution >= 0.6 is 0 Å². The minimum absolute atomic E-state index is 0.0678. The molecule has 132 valence electrons. The average Bonchev–Trinajstić information content (AvgIpc) is 2.63. The fraction of sp³-hybridized carbons (Fsp3) is 0.286. The van der Waals surface area contributed by atoms with Gasteiger partial charge in [-0.1, -0.05) is 12.1 Å². The zero-order valence-corrected chi connectivity index (χ0v) is 14.2. The molecule has 0 fully saturated rings. The number of ether oxygens (including phenoxy) is 2. The van der Waals surface area contributed by atoms with E-state index < -0.39 is 6.16 Å². The van der Waals surface area contributed by atoms with Gasteiger partial charge in [0.15, 0.2) is 11.6 Å². The monoisotopic (exact) mass is 350 g/mol. The molecular weight excluding hydrogens is 332 g/mol. The quantitative estimate of drug-likeness (QED) is 0.596. The van der Waals surface area contributed by atoms with Crippen LogP contribution in [-0.2, 0) is 12.8 Å². The van der Waals surface area contributed by atoms with Crippen molar-refractivity contribution in [3.8, 4) is 11.5 Å². The topological polar surface area (TPSA) is 69.7 Å². The van der Waals surface area contributed by atoms with Crippen LogP contribution in [-0.4, -0.2) is 17.7 Å². The van der Waals surface area contributed by atoms with Gasteiger partial charge >= 0.3 is 6.16 Å². The summed E-state index contributed by atoms with van der Waals surface area (Å²) in [5.41, 5.74) is 3.19. The number of ketones is 2. The van der Waals surface area contributed by atoms with E-state index in [1.807, 2.05) is 12.1 Å². The molecule has 0 amide bonds. The van der Waals surface area contributed by atoms with Crippen molar-refractivity contribution in [2.45, 2.75) is 38.5 Å². The van der Waals surface area contributed by atoms with Crippen LogP contribution in [0.15, 0.2) is 36.4 Å². The number of carbonyl (C=O) groups is 3. The first-order chi connectivity index (χ1) is 12.6. The van der Waals surface area contributed by atoms with E-state index in [-0.39, 0.29) is 23.1 Å². The molecule has 4 rings (SSSR count). The van der Waals surface area contributed by atoms with Gasteiger partial charge < -0.3 is 9.47 Å². The van der Waals surface area contributed by atoms with Crippen LogP contribution in [0.3, 0.4) is 0 Å². The highest BCUT2D eigenvalue weighted by Crippen LogP contribution is 2.27. The summed E-state index contributed by atoms with van der Waals surface area (Å²) >= 11 is 0. The van der Waals surface area contributed by atoms with Crippen LogP contribution in [0.5, 0.6) is 11.5 Å². The molecule has 0 heterocycles. The van der Waals surface area contributed by atoms with E-state index >= 15 is 0 Å². The van der Waals surface area contributed by atoms with Crippen LogP contribution in [0.1, 0.15) is 57.5 Å². The van der Waals surface area contributed by atoms with Crippen LogP contribution in [0.25, 0.3) is 0 Å². The van der Waals surface area contributed by atoms with Gasteiger partial charge in [-0.15, -0.1) is 0 Å². The molecule has 0 bridgehead atoms. The Labute approximate surface area is 150 Å². The summed E-state index contributed by atoms with van der Waals surface area (Å²) in [4.78, 5) is 36.0. The van der Waals surface area contributed by atoms with Crippen molar-refractivity contribution in [3.63, 3.8) is 0 Å². The van der Waals surface area contributed by atoms with E-state index in [2.05, 4.69) is 0 Å². The second kappa shape index (κ2) is 6.75. The van der Waals surface area contributed by atoms with E-state index in [1.54, 1.807) is 24.3 Å². The summed E-state index contributed by atoms with van der Waals surface area (Å²) in [6.45, 7) is 0. The summed E-state index contributed by atoms with van der Waals surface area (Å²) in [5, 5.41) is 0. The first-order valence-electron chi connectivity index (χ1n) is 8.82. The Hall–Kier alpha value is -2.95. The number of rotatable bonds is 2. The molecular formula is C21H18O5. The normalized spacial score (nSPS) is 15.8. The maximum Gasteiger partial charge on any atom is 0.519 e. The lowest BCUT2D eigenvalue weighted by molar-refractivity contribution is 0.0964. The third-order valence-corrected chi connectivity index (χ3v) is 4.87. The van der Waals surface area contributed by atoms with Crippen LogP contribution in [0.2, 0.25) is 0 Å². The summed E-state index contributed by atoms with van der Waals surface area (Å²) in [6, 6.07) is 10.1. The second-order valence-electron chi connectivity index (χ2n) is 6.65. The fourth-order valence-corrected chi connectivity index (χ4v) is 3.55. The zero-order chi connectivity index (χ0) is 18.1. The number of hydrogen-bond donors (Lipinski definition) is 0. The van der Waals surface area contributed by atoms with Gasteiger partial charge in [0.2, 0.25) is 0 Å². The molecule has 0 aliphatic heterocycles. The molecule has 0 spiro atoms. The molecule has 2 aromatic rings. The van der Waals surface area contributed by atoms with E-state index in [1.165, 1.54) is 0 Å². The molecule has 0 atom stereocenters. The molecule has 2 aromatic carbocycles. The lowest BCUT2D eigenvalue weighted by Gasteiger charge is -2.16. The first kappa shape index (κ1) is 16.5. The van der Waals surface area contributed by atoms with Crippen molar-refractivity contribution in [1.29, 1.82) is 0 Å². The number of benzene rings is 2. The molecule has 5 nitrogen and oxygen atoms in total. The van der Waals surface area contributed by atoms with E-state index in [0.717, 1.165) is 36.8 Å². The molecule has 2 aliphatic carbocycles. The molecule has 0 saturated carbocycles. The Morgan fingerprint density at radius 2 is 1.15 bits per heavy atom. The second-order valence-corrected chi connectivity index (χ2v) is 6.65. The highest BCUT2D eigenvalue weighted by Gasteiger charge is 2.20. The molecule has 0 saturated heterocycles. The minimum atomic E-state index is -0.892. The predicted molar refractivity (Wildman–Crippen MR) is 94.1 cm³/mol. The summed E-state index contributed by atoms with van der Waals surface area (Å²) < 4.78 is 10.4. The van der Waals surface area contributed by atoms with Crippen molar-refractivity contribution in [2.75, 3.05) is 0 Å². The summed E-state index contributed by atoms with van der Waals surface area (Å²) in [6.07, 6.45) is 3.56. The maximum absolute atomic E-state index is 12.1. The first-order valence-corrected chi connectivity index (χ1v) is 8.82.